The summed E-state index contributed by atoms with van der Waals surface area (Å²) in [6, 6.07) is 8.85. The van der Waals surface area contributed by atoms with Crippen molar-refractivity contribution < 1.29 is 23.9 Å². The highest BCUT2D eigenvalue weighted by atomic mass is 32.2. The summed E-state index contributed by atoms with van der Waals surface area (Å²) in [5.41, 5.74) is 0.909. The second kappa shape index (κ2) is 7.31. The van der Waals surface area contributed by atoms with Crippen molar-refractivity contribution in [1.29, 1.82) is 0 Å². The lowest BCUT2D eigenvalue weighted by Gasteiger charge is -2.44. The first-order valence-corrected chi connectivity index (χ1v) is 9.50. The molecule has 2 aliphatic rings. The molecule has 26 heavy (non-hydrogen) atoms. The van der Waals surface area contributed by atoms with Crippen LogP contribution in [0.25, 0.3) is 0 Å². The number of rotatable bonds is 6. The molecule has 7 heteroatoms. The van der Waals surface area contributed by atoms with E-state index in [0.29, 0.717) is 6.42 Å². The van der Waals surface area contributed by atoms with E-state index in [1.54, 1.807) is 16.7 Å². The van der Waals surface area contributed by atoms with Gasteiger partial charge in [-0.25, -0.2) is 4.79 Å². The van der Waals surface area contributed by atoms with Crippen molar-refractivity contribution in [3.05, 3.63) is 35.9 Å². The fourth-order valence-corrected chi connectivity index (χ4v) is 5.24. The van der Waals surface area contributed by atoms with E-state index in [1.807, 2.05) is 44.2 Å². The van der Waals surface area contributed by atoms with E-state index in [9.17, 15) is 14.4 Å². The lowest BCUT2D eigenvalue weighted by molar-refractivity contribution is -0.168. The van der Waals surface area contributed by atoms with E-state index in [1.165, 1.54) is 7.11 Å². The Morgan fingerprint density at radius 3 is 2.58 bits per heavy atom. The first-order chi connectivity index (χ1) is 12.3. The van der Waals surface area contributed by atoms with Gasteiger partial charge in [0.05, 0.1) is 18.4 Å². The summed E-state index contributed by atoms with van der Waals surface area (Å²) in [5.74, 6) is -1.03. The minimum absolute atomic E-state index is 0.0846. The van der Waals surface area contributed by atoms with Crippen LogP contribution in [-0.2, 0) is 30.5 Å². The first kappa shape index (κ1) is 18.8. The van der Waals surface area contributed by atoms with Gasteiger partial charge in [-0.2, -0.15) is 0 Å². The molecule has 0 spiro atoms. The van der Waals surface area contributed by atoms with Crippen molar-refractivity contribution in [2.24, 2.45) is 5.92 Å². The number of nitrogens with zero attached hydrogens (tertiary/aromatic N) is 1. The molecule has 3 atom stereocenters. The molecule has 2 fully saturated rings. The number of hydrogen-bond donors (Lipinski definition) is 0. The average Bonchev–Trinajstić information content (AvgIpc) is 2.88. The van der Waals surface area contributed by atoms with Gasteiger partial charge in [0.2, 0.25) is 5.91 Å². The molecule has 1 aromatic carbocycles. The van der Waals surface area contributed by atoms with Crippen LogP contribution in [0.3, 0.4) is 0 Å². The van der Waals surface area contributed by atoms with Gasteiger partial charge in [0.1, 0.15) is 12.6 Å². The normalized spacial score (nSPS) is 26.0. The molecule has 2 saturated heterocycles. The van der Waals surface area contributed by atoms with E-state index in [4.69, 9.17) is 4.74 Å². The van der Waals surface area contributed by atoms with E-state index in [0.717, 1.165) is 5.56 Å². The molecule has 3 rings (SSSR count). The summed E-state index contributed by atoms with van der Waals surface area (Å²) < 4.78 is 9.69. The van der Waals surface area contributed by atoms with Gasteiger partial charge in [-0.05, 0) is 25.8 Å². The van der Waals surface area contributed by atoms with Crippen LogP contribution < -0.4 is 0 Å². The van der Waals surface area contributed by atoms with Crippen molar-refractivity contribution >= 4 is 29.6 Å². The highest BCUT2D eigenvalue weighted by molar-refractivity contribution is 8.01. The number of amides is 1. The molecule has 0 N–H and O–H groups in total. The zero-order valence-corrected chi connectivity index (χ0v) is 16.0. The minimum atomic E-state index is -0.608. The summed E-state index contributed by atoms with van der Waals surface area (Å²) in [5, 5.41) is -0.0866. The van der Waals surface area contributed by atoms with Gasteiger partial charge in [-0.15, -0.1) is 11.8 Å². The number of benzene rings is 1. The SMILES string of the molecule is COC(=O)CC[C@@H]1C(=O)N2[C@@H]1SC(C)(C)[C@@H]2C(=O)OCc1ccccc1. The van der Waals surface area contributed by atoms with Crippen LogP contribution in [0.1, 0.15) is 32.3 Å². The smallest absolute Gasteiger partial charge is 0.330 e. The number of carbonyl (C=O) groups is 3. The Morgan fingerprint density at radius 2 is 1.92 bits per heavy atom. The van der Waals surface area contributed by atoms with Gasteiger partial charge in [0.15, 0.2) is 0 Å². The van der Waals surface area contributed by atoms with Gasteiger partial charge in [0.25, 0.3) is 0 Å². The zero-order chi connectivity index (χ0) is 18.9. The number of thioether (sulfide) groups is 1. The second-order valence-electron chi connectivity index (χ2n) is 7.07. The van der Waals surface area contributed by atoms with Gasteiger partial charge >= 0.3 is 11.9 Å². The molecule has 0 radical (unpaired) electrons. The Balaban J connectivity index is 1.64. The average molecular weight is 377 g/mol. The fraction of sp³-hybridized carbons (Fsp3) is 0.526. The number of hydrogen-bond acceptors (Lipinski definition) is 6. The summed E-state index contributed by atoms with van der Waals surface area (Å²) in [7, 11) is 1.34. The molecule has 1 amide bonds. The molecule has 140 valence electrons. The van der Waals surface area contributed by atoms with Crippen molar-refractivity contribution in [2.75, 3.05) is 7.11 Å². The molecule has 6 nitrogen and oxygen atoms in total. The highest BCUT2D eigenvalue weighted by Gasteiger charge is 2.63. The van der Waals surface area contributed by atoms with Gasteiger partial charge < -0.3 is 14.4 Å². The Kier molecular flexibility index (Phi) is 5.27. The van der Waals surface area contributed by atoms with Crippen LogP contribution in [0.4, 0.5) is 0 Å². The van der Waals surface area contributed by atoms with Crippen LogP contribution in [0.5, 0.6) is 0 Å². The highest BCUT2D eigenvalue weighted by Crippen LogP contribution is 2.54. The van der Waals surface area contributed by atoms with E-state index in [2.05, 4.69) is 4.74 Å². The van der Waals surface area contributed by atoms with Crippen LogP contribution in [0.2, 0.25) is 0 Å². The standard InChI is InChI=1S/C19H23NO5S/c1-19(2)15(18(23)25-11-12-7-5-4-6-8-12)20-16(22)13(17(20)26-19)9-10-14(21)24-3/h4-8,13,15,17H,9-11H2,1-3H3/t13-,15+,17-/m1/s1. The molecular formula is C19H23NO5S. The molecule has 0 aliphatic carbocycles. The molecular weight excluding hydrogens is 354 g/mol. The van der Waals surface area contributed by atoms with Gasteiger partial charge in [-0.3, -0.25) is 9.59 Å². The first-order valence-electron chi connectivity index (χ1n) is 8.62. The Labute approximate surface area is 157 Å². The molecule has 0 saturated carbocycles. The predicted octanol–water partition coefficient (Wildman–Crippen LogP) is 2.36. The molecule has 0 unspecified atom stereocenters. The van der Waals surface area contributed by atoms with Gasteiger partial charge in [-0.1, -0.05) is 30.3 Å². The topological polar surface area (TPSA) is 72.9 Å². The Morgan fingerprint density at radius 1 is 1.23 bits per heavy atom. The summed E-state index contributed by atoms with van der Waals surface area (Å²) in [6.07, 6.45) is 0.656. The maximum Gasteiger partial charge on any atom is 0.330 e. The van der Waals surface area contributed by atoms with Crippen LogP contribution in [0, 0.1) is 5.92 Å². The molecule has 0 aromatic heterocycles. The molecule has 2 aliphatic heterocycles. The molecule has 1 aromatic rings. The van der Waals surface area contributed by atoms with E-state index < -0.39 is 10.8 Å². The third-order valence-corrected chi connectivity index (χ3v) is 6.51. The van der Waals surface area contributed by atoms with Crippen molar-refractivity contribution in [3.8, 4) is 0 Å². The predicted molar refractivity (Wildman–Crippen MR) is 97.1 cm³/mol. The maximum atomic E-state index is 12.7. The maximum absolute atomic E-state index is 12.7. The second-order valence-corrected chi connectivity index (χ2v) is 8.85. The Bertz CT molecular complexity index is 705. The number of carbonyl (C=O) groups excluding carboxylic acids is 3. The number of esters is 2. The number of methoxy groups -OCH3 is 1. The van der Waals surface area contributed by atoms with Crippen molar-refractivity contribution in [3.63, 3.8) is 0 Å². The van der Waals surface area contributed by atoms with Crippen LogP contribution >= 0.6 is 11.8 Å². The van der Waals surface area contributed by atoms with E-state index in [-0.39, 0.29) is 42.2 Å². The summed E-state index contributed by atoms with van der Waals surface area (Å²) in [6.45, 7) is 4.10. The van der Waals surface area contributed by atoms with E-state index >= 15 is 0 Å². The molecule has 0 bridgehead atoms. The van der Waals surface area contributed by atoms with Crippen LogP contribution in [0.15, 0.2) is 30.3 Å². The molecule has 2 heterocycles. The lowest BCUT2D eigenvalue weighted by atomic mass is 9.88. The number of β-lactam (4-membered cyclic amide) rings is 1. The monoisotopic (exact) mass is 377 g/mol. The van der Waals surface area contributed by atoms with Gasteiger partial charge in [0, 0.05) is 11.2 Å². The third kappa shape index (κ3) is 3.45. The third-order valence-electron chi connectivity index (χ3n) is 4.89. The summed E-state index contributed by atoms with van der Waals surface area (Å²) >= 11 is 1.60. The van der Waals surface area contributed by atoms with Crippen LogP contribution in [-0.4, -0.2) is 46.0 Å². The summed E-state index contributed by atoms with van der Waals surface area (Å²) in [4.78, 5) is 38.2. The van der Waals surface area contributed by atoms with Crippen molar-refractivity contribution in [1.82, 2.24) is 4.90 Å². The zero-order valence-electron chi connectivity index (χ0n) is 15.1. The lowest BCUT2D eigenvalue weighted by Crippen LogP contribution is -2.62. The van der Waals surface area contributed by atoms with Crippen molar-refractivity contribution in [2.45, 2.75) is 49.5 Å². The Hall–Kier alpha value is -2.02. The quantitative estimate of drug-likeness (QED) is 0.560. The number of fused-ring (bicyclic) bond motifs is 1. The largest absolute Gasteiger partial charge is 0.469 e. The fourth-order valence-electron chi connectivity index (χ4n) is 3.52. The minimum Gasteiger partial charge on any atom is -0.469 e. The number of ether oxygens (including phenoxy) is 2.